The van der Waals surface area contributed by atoms with E-state index < -0.39 is 0 Å². The van der Waals surface area contributed by atoms with Crippen LogP contribution in [0.5, 0.6) is 5.75 Å². The minimum absolute atomic E-state index is 0.182. The van der Waals surface area contributed by atoms with Crippen LogP contribution in [0.15, 0.2) is 22.7 Å². The van der Waals surface area contributed by atoms with Gasteiger partial charge in [0, 0.05) is 17.7 Å². The first-order valence-electron chi connectivity index (χ1n) is 7.59. The van der Waals surface area contributed by atoms with Crippen molar-refractivity contribution < 1.29 is 14.1 Å². The maximum absolute atomic E-state index is 12.6. The second kappa shape index (κ2) is 5.30. The molecule has 6 nitrogen and oxygen atoms in total. The fourth-order valence-electron chi connectivity index (χ4n) is 3.04. The largest absolute Gasteiger partial charge is 0.487 e. The highest BCUT2D eigenvalue weighted by atomic mass is 16.5. The van der Waals surface area contributed by atoms with Crippen LogP contribution >= 0.6 is 0 Å². The van der Waals surface area contributed by atoms with Crippen molar-refractivity contribution in [3.8, 4) is 5.75 Å². The number of fused-ring (bicyclic) bond motifs is 1. The number of rotatable bonds is 2. The summed E-state index contributed by atoms with van der Waals surface area (Å²) in [6.45, 7) is 7.49. The van der Waals surface area contributed by atoms with Crippen molar-refractivity contribution in [3.05, 3.63) is 40.8 Å². The van der Waals surface area contributed by atoms with Crippen molar-refractivity contribution in [2.24, 2.45) is 0 Å². The van der Waals surface area contributed by atoms with Crippen LogP contribution in [-0.2, 0) is 0 Å². The van der Waals surface area contributed by atoms with Gasteiger partial charge in [0.25, 0.3) is 5.91 Å². The molecular weight excluding hydrogens is 294 g/mol. The van der Waals surface area contributed by atoms with Crippen molar-refractivity contribution in [2.75, 3.05) is 5.73 Å². The smallest absolute Gasteiger partial charge is 0.257 e. The highest BCUT2D eigenvalue weighted by Gasteiger charge is 2.35. The number of aryl methyl sites for hydroxylation is 2. The maximum atomic E-state index is 12.6. The minimum atomic E-state index is -0.375. The molecule has 1 atom stereocenters. The number of ether oxygens (including phenoxy) is 1. The summed E-state index contributed by atoms with van der Waals surface area (Å²) in [5.41, 5.74) is 8.12. The molecule has 6 heteroatoms. The van der Waals surface area contributed by atoms with E-state index in [2.05, 4.69) is 10.5 Å². The standard InChI is InChI=1S/C17H21N3O3/c1-9-15(10(2)23-20-9)16(21)19-13-8-17(3,4)22-14-6-5-11(18)7-12(13)14/h5-7,13H,8,18H2,1-4H3,(H,19,21). The first kappa shape index (κ1) is 15.4. The van der Waals surface area contributed by atoms with Gasteiger partial charge in [-0.2, -0.15) is 0 Å². The zero-order chi connectivity index (χ0) is 16.8. The van der Waals surface area contributed by atoms with Gasteiger partial charge in [0.2, 0.25) is 0 Å². The number of nitrogens with one attached hydrogen (secondary N) is 1. The molecule has 1 aromatic carbocycles. The number of nitrogens with two attached hydrogens (primary N) is 1. The first-order valence-corrected chi connectivity index (χ1v) is 7.59. The molecule has 1 aromatic heterocycles. The fourth-order valence-corrected chi connectivity index (χ4v) is 3.04. The number of hydrogen-bond acceptors (Lipinski definition) is 5. The van der Waals surface area contributed by atoms with E-state index in [0.717, 1.165) is 11.3 Å². The molecule has 3 rings (SSSR count). The molecule has 0 aliphatic carbocycles. The number of aromatic nitrogens is 1. The molecule has 122 valence electrons. The van der Waals surface area contributed by atoms with Gasteiger partial charge < -0.3 is 20.3 Å². The molecule has 0 radical (unpaired) electrons. The average Bonchev–Trinajstić information content (AvgIpc) is 2.78. The first-order chi connectivity index (χ1) is 10.8. The van der Waals surface area contributed by atoms with Crippen LogP contribution in [0.1, 0.15) is 53.7 Å². The van der Waals surface area contributed by atoms with Crippen molar-refractivity contribution in [1.82, 2.24) is 10.5 Å². The lowest BCUT2D eigenvalue weighted by Gasteiger charge is -2.38. The molecule has 2 heterocycles. The van der Waals surface area contributed by atoms with E-state index in [1.54, 1.807) is 19.9 Å². The molecule has 1 aliphatic heterocycles. The number of anilines is 1. The molecule has 0 spiro atoms. The van der Waals surface area contributed by atoms with E-state index >= 15 is 0 Å². The summed E-state index contributed by atoms with van der Waals surface area (Å²) in [5.74, 6) is 1.07. The monoisotopic (exact) mass is 315 g/mol. The third kappa shape index (κ3) is 2.88. The second-order valence-electron chi connectivity index (χ2n) is 6.59. The second-order valence-corrected chi connectivity index (χ2v) is 6.59. The van der Waals surface area contributed by atoms with Crippen LogP contribution in [0.4, 0.5) is 5.69 Å². The van der Waals surface area contributed by atoms with Gasteiger partial charge in [-0.05, 0) is 45.9 Å². The Hall–Kier alpha value is -2.50. The van der Waals surface area contributed by atoms with E-state index in [-0.39, 0.29) is 17.6 Å². The van der Waals surface area contributed by atoms with Gasteiger partial charge in [0.05, 0.1) is 11.7 Å². The fraction of sp³-hybridized carbons (Fsp3) is 0.412. The quantitative estimate of drug-likeness (QED) is 0.832. The van der Waals surface area contributed by atoms with E-state index in [0.29, 0.717) is 29.1 Å². The molecule has 1 amide bonds. The van der Waals surface area contributed by atoms with Gasteiger partial charge in [0.1, 0.15) is 22.7 Å². The lowest BCUT2D eigenvalue weighted by molar-refractivity contribution is 0.0619. The lowest BCUT2D eigenvalue weighted by Crippen LogP contribution is -2.41. The molecule has 0 saturated carbocycles. The topological polar surface area (TPSA) is 90.4 Å². The van der Waals surface area contributed by atoms with E-state index in [9.17, 15) is 4.79 Å². The Kier molecular flexibility index (Phi) is 3.55. The normalized spacial score (nSPS) is 18.9. The highest BCUT2D eigenvalue weighted by molar-refractivity contribution is 5.96. The van der Waals surface area contributed by atoms with E-state index in [1.165, 1.54) is 0 Å². The number of benzene rings is 1. The summed E-state index contributed by atoms with van der Waals surface area (Å²) < 4.78 is 11.1. The Bertz CT molecular complexity index is 745. The molecule has 1 aliphatic rings. The third-order valence-corrected chi connectivity index (χ3v) is 4.06. The Morgan fingerprint density at radius 1 is 1.39 bits per heavy atom. The molecule has 0 fully saturated rings. The number of carbonyl (C=O) groups excluding carboxylic acids is 1. The molecule has 2 aromatic rings. The molecule has 0 saturated heterocycles. The van der Waals surface area contributed by atoms with E-state index in [4.69, 9.17) is 15.0 Å². The maximum Gasteiger partial charge on any atom is 0.257 e. The Balaban J connectivity index is 1.94. The minimum Gasteiger partial charge on any atom is -0.487 e. The highest BCUT2D eigenvalue weighted by Crippen LogP contribution is 2.40. The molecule has 1 unspecified atom stereocenters. The summed E-state index contributed by atoms with van der Waals surface area (Å²) >= 11 is 0. The summed E-state index contributed by atoms with van der Waals surface area (Å²) in [6, 6.07) is 5.31. The molecule has 23 heavy (non-hydrogen) atoms. The lowest BCUT2D eigenvalue weighted by atomic mass is 9.89. The van der Waals surface area contributed by atoms with Crippen LogP contribution in [-0.4, -0.2) is 16.7 Å². The number of amides is 1. The van der Waals surface area contributed by atoms with Crippen molar-refractivity contribution in [1.29, 1.82) is 0 Å². The Labute approximate surface area is 135 Å². The SMILES string of the molecule is Cc1noc(C)c1C(=O)NC1CC(C)(C)Oc2ccc(N)cc21. The molecular formula is C17H21N3O3. The van der Waals surface area contributed by atoms with Crippen LogP contribution in [0.25, 0.3) is 0 Å². The predicted molar refractivity (Wildman–Crippen MR) is 86.4 cm³/mol. The summed E-state index contributed by atoms with van der Waals surface area (Å²) in [5, 5.41) is 6.90. The average molecular weight is 315 g/mol. The van der Waals surface area contributed by atoms with Crippen LogP contribution < -0.4 is 15.8 Å². The summed E-state index contributed by atoms with van der Waals surface area (Å²) in [4.78, 5) is 12.6. The predicted octanol–water partition coefficient (Wildman–Crippen LogP) is 2.91. The van der Waals surface area contributed by atoms with Crippen molar-refractivity contribution in [2.45, 2.75) is 45.8 Å². The van der Waals surface area contributed by atoms with Gasteiger partial charge in [0.15, 0.2) is 0 Å². The van der Waals surface area contributed by atoms with Gasteiger partial charge in [-0.1, -0.05) is 5.16 Å². The van der Waals surface area contributed by atoms with Crippen LogP contribution in [0.3, 0.4) is 0 Å². The van der Waals surface area contributed by atoms with Gasteiger partial charge in [-0.3, -0.25) is 4.79 Å². The number of carbonyl (C=O) groups is 1. The van der Waals surface area contributed by atoms with E-state index in [1.807, 2.05) is 26.0 Å². The van der Waals surface area contributed by atoms with Crippen molar-refractivity contribution in [3.63, 3.8) is 0 Å². The zero-order valence-corrected chi connectivity index (χ0v) is 13.8. The Morgan fingerprint density at radius 3 is 2.78 bits per heavy atom. The molecule has 0 bridgehead atoms. The molecule has 3 N–H and O–H groups in total. The van der Waals surface area contributed by atoms with Crippen LogP contribution in [0, 0.1) is 13.8 Å². The van der Waals surface area contributed by atoms with Gasteiger partial charge in [-0.25, -0.2) is 0 Å². The van der Waals surface area contributed by atoms with Crippen molar-refractivity contribution >= 4 is 11.6 Å². The van der Waals surface area contributed by atoms with Gasteiger partial charge >= 0.3 is 0 Å². The number of nitrogen functional groups attached to an aromatic ring is 1. The van der Waals surface area contributed by atoms with Crippen LogP contribution in [0.2, 0.25) is 0 Å². The number of nitrogens with zero attached hydrogens (tertiary/aromatic N) is 1. The Morgan fingerprint density at radius 2 is 2.13 bits per heavy atom. The summed E-state index contributed by atoms with van der Waals surface area (Å²) in [6.07, 6.45) is 0.651. The third-order valence-electron chi connectivity index (χ3n) is 4.06. The summed E-state index contributed by atoms with van der Waals surface area (Å²) in [7, 11) is 0. The zero-order valence-electron chi connectivity index (χ0n) is 13.8. The van der Waals surface area contributed by atoms with Gasteiger partial charge in [-0.15, -0.1) is 0 Å². The number of hydrogen-bond donors (Lipinski definition) is 2.